The number of carboxylic acid groups (broad SMARTS) is 1. The number of aliphatic carboxylic acids is 1. The summed E-state index contributed by atoms with van der Waals surface area (Å²) in [6, 6.07) is 11.5. The van der Waals surface area contributed by atoms with Gasteiger partial charge in [-0.05, 0) is 48.2 Å². The molecule has 1 aliphatic heterocycles. The number of ketones is 1. The molecule has 0 spiro atoms. The van der Waals surface area contributed by atoms with Crippen LogP contribution in [0.2, 0.25) is 0 Å². The number of nitrogens with zero attached hydrogens (tertiary/aromatic N) is 1. The molecule has 1 saturated heterocycles. The Morgan fingerprint density at radius 3 is 2.23 bits per heavy atom. The average Bonchev–Trinajstić information content (AvgIpc) is 2.98. The fourth-order valence-electron chi connectivity index (χ4n) is 3.56. The lowest BCUT2D eigenvalue weighted by Gasteiger charge is -2.25. The first-order valence-electron chi connectivity index (χ1n) is 9.68. The third-order valence-corrected chi connectivity index (χ3v) is 5.15. The number of aryl methyl sites for hydroxylation is 1. The summed E-state index contributed by atoms with van der Waals surface area (Å²) < 4.78 is 13.3. The van der Waals surface area contributed by atoms with Gasteiger partial charge in [0.2, 0.25) is 0 Å². The molecule has 0 bridgehead atoms. The lowest BCUT2D eigenvalue weighted by Crippen LogP contribution is -2.31. The maximum absolute atomic E-state index is 13.3. The van der Waals surface area contributed by atoms with Crippen LogP contribution in [0.5, 0.6) is 0 Å². The number of aliphatic hydroxyl groups is 1. The molecule has 1 fully saturated rings. The molecule has 1 atom stereocenters. The molecule has 3 rings (SSSR count). The Labute approximate surface area is 173 Å². The number of hydrogen-bond donors (Lipinski definition) is 2. The number of Topliss-reactive ketones (excluding diaryl/α,β-unsaturated/α-hetero) is 1. The first kappa shape index (κ1) is 21.2. The van der Waals surface area contributed by atoms with Gasteiger partial charge in [0.25, 0.3) is 11.7 Å². The van der Waals surface area contributed by atoms with Crippen LogP contribution in [0.3, 0.4) is 0 Å². The Hall–Kier alpha value is -3.48. The van der Waals surface area contributed by atoms with E-state index in [4.69, 9.17) is 5.11 Å². The van der Waals surface area contributed by atoms with E-state index in [9.17, 15) is 23.9 Å². The van der Waals surface area contributed by atoms with Crippen molar-refractivity contribution in [1.82, 2.24) is 4.90 Å². The fourth-order valence-corrected chi connectivity index (χ4v) is 3.56. The van der Waals surface area contributed by atoms with E-state index in [-0.39, 0.29) is 30.5 Å². The van der Waals surface area contributed by atoms with Gasteiger partial charge in [0.05, 0.1) is 11.6 Å². The van der Waals surface area contributed by atoms with Gasteiger partial charge < -0.3 is 15.1 Å². The third kappa shape index (κ3) is 4.25. The van der Waals surface area contributed by atoms with Gasteiger partial charge in [0, 0.05) is 18.5 Å². The van der Waals surface area contributed by atoms with E-state index in [1.165, 1.54) is 17.0 Å². The van der Waals surface area contributed by atoms with E-state index in [1.54, 1.807) is 12.1 Å². The molecule has 0 aliphatic carbocycles. The molecule has 1 heterocycles. The number of halogens is 1. The zero-order chi connectivity index (χ0) is 21.8. The Balaban J connectivity index is 2.08. The molecule has 1 aliphatic rings. The second-order valence-electron chi connectivity index (χ2n) is 7.09. The van der Waals surface area contributed by atoms with Crippen LogP contribution in [-0.2, 0) is 20.8 Å². The lowest BCUT2D eigenvalue weighted by atomic mass is 9.94. The van der Waals surface area contributed by atoms with Crippen LogP contribution >= 0.6 is 0 Å². The highest BCUT2D eigenvalue weighted by atomic mass is 19.1. The average molecular weight is 411 g/mol. The quantitative estimate of drug-likeness (QED) is 0.412. The van der Waals surface area contributed by atoms with Crippen molar-refractivity contribution in [3.05, 3.63) is 76.6 Å². The van der Waals surface area contributed by atoms with Gasteiger partial charge in [-0.3, -0.25) is 14.4 Å². The van der Waals surface area contributed by atoms with Crippen molar-refractivity contribution in [2.24, 2.45) is 0 Å². The minimum Gasteiger partial charge on any atom is -0.507 e. The maximum Gasteiger partial charge on any atom is 0.303 e. The standard InChI is InChI=1S/C23H22FNO5/c1-2-14-5-7-15(8-6-14)20-19(21(28)16-9-11-17(24)12-10-16)22(29)23(30)25(20)13-3-4-18(26)27/h5-12,20,28H,2-4,13H2,1H3,(H,26,27)/t20-/m1/s1. The first-order chi connectivity index (χ1) is 14.3. The van der Waals surface area contributed by atoms with Crippen LogP contribution < -0.4 is 0 Å². The Morgan fingerprint density at radius 1 is 1.03 bits per heavy atom. The molecule has 156 valence electrons. The van der Waals surface area contributed by atoms with Crippen molar-refractivity contribution in [1.29, 1.82) is 0 Å². The smallest absolute Gasteiger partial charge is 0.303 e. The van der Waals surface area contributed by atoms with Crippen molar-refractivity contribution in [2.45, 2.75) is 32.2 Å². The van der Waals surface area contributed by atoms with Crippen LogP contribution in [0.4, 0.5) is 4.39 Å². The number of aliphatic hydroxyl groups excluding tert-OH is 1. The monoisotopic (exact) mass is 411 g/mol. The van der Waals surface area contributed by atoms with Crippen molar-refractivity contribution in [3.63, 3.8) is 0 Å². The molecular weight excluding hydrogens is 389 g/mol. The predicted octanol–water partition coefficient (Wildman–Crippen LogP) is 3.67. The van der Waals surface area contributed by atoms with Crippen molar-refractivity contribution in [2.75, 3.05) is 6.54 Å². The molecule has 30 heavy (non-hydrogen) atoms. The highest BCUT2D eigenvalue weighted by molar-refractivity contribution is 6.46. The second-order valence-corrected chi connectivity index (χ2v) is 7.09. The molecule has 0 saturated carbocycles. The van der Waals surface area contributed by atoms with E-state index >= 15 is 0 Å². The van der Waals surface area contributed by atoms with Crippen LogP contribution in [0.15, 0.2) is 54.1 Å². The number of carbonyl (C=O) groups excluding carboxylic acids is 2. The minimum absolute atomic E-state index is 0.0528. The molecule has 6 nitrogen and oxygen atoms in total. The van der Waals surface area contributed by atoms with E-state index in [2.05, 4.69) is 0 Å². The van der Waals surface area contributed by atoms with E-state index < -0.39 is 35.3 Å². The zero-order valence-corrected chi connectivity index (χ0v) is 16.5. The Morgan fingerprint density at radius 2 is 1.67 bits per heavy atom. The molecule has 0 radical (unpaired) electrons. The molecule has 7 heteroatoms. The lowest BCUT2D eigenvalue weighted by molar-refractivity contribution is -0.140. The van der Waals surface area contributed by atoms with Crippen LogP contribution in [0.1, 0.15) is 42.5 Å². The van der Waals surface area contributed by atoms with Crippen LogP contribution in [-0.4, -0.2) is 39.3 Å². The SMILES string of the molecule is CCc1ccc([C@@H]2C(=C(O)c3ccc(F)cc3)C(=O)C(=O)N2CCCC(=O)O)cc1. The van der Waals surface area contributed by atoms with Crippen molar-refractivity contribution in [3.8, 4) is 0 Å². The number of rotatable bonds is 7. The van der Waals surface area contributed by atoms with Gasteiger partial charge in [0.15, 0.2) is 0 Å². The van der Waals surface area contributed by atoms with E-state index in [0.29, 0.717) is 5.56 Å². The summed E-state index contributed by atoms with van der Waals surface area (Å²) in [5.41, 5.74) is 1.83. The fraction of sp³-hybridized carbons (Fsp3) is 0.261. The highest BCUT2D eigenvalue weighted by Crippen LogP contribution is 2.39. The van der Waals surface area contributed by atoms with Gasteiger partial charge in [-0.25, -0.2) is 4.39 Å². The van der Waals surface area contributed by atoms with Gasteiger partial charge >= 0.3 is 5.97 Å². The molecule has 1 amide bonds. The number of hydrogen-bond acceptors (Lipinski definition) is 4. The molecule has 2 aromatic carbocycles. The molecular formula is C23H22FNO5. The molecule has 0 unspecified atom stereocenters. The summed E-state index contributed by atoms with van der Waals surface area (Å²) in [5, 5.41) is 19.7. The minimum atomic E-state index is -0.998. The highest BCUT2D eigenvalue weighted by Gasteiger charge is 2.45. The predicted molar refractivity (Wildman–Crippen MR) is 108 cm³/mol. The van der Waals surface area contributed by atoms with Gasteiger partial charge in [-0.15, -0.1) is 0 Å². The third-order valence-electron chi connectivity index (χ3n) is 5.15. The summed E-state index contributed by atoms with van der Waals surface area (Å²) >= 11 is 0. The van der Waals surface area contributed by atoms with Gasteiger partial charge in [-0.1, -0.05) is 31.2 Å². The number of likely N-dealkylation sites (tertiary alicyclic amines) is 1. The first-order valence-corrected chi connectivity index (χ1v) is 9.68. The maximum atomic E-state index is 13.3. The van der Waals surface area contributed by atoms with Gasteiger partial charge in [0.1, 0.15) is 11.6 Å². The number of amides is 1. The number of carboxylic acids is 1. The topological polar surface area (TPSA) is 94.9 Å². The molecule has 2 N–H and O–H groups in total. The summed E-state index contributed by atoms with van der Waals surface area (Å²) in [7, 11) is 0. The zero-order valence-electron chi connectivity index (χ0n) is 16.5. The van der Waals surface area contributed by atoms with Gasteiger partial charge in [-0.2, -0.15) is 0 Å². The summed E-state index contributed by atoms with van der Waals surface area (Å²) in [5.74, 6) is -3.53. The van der Waals surface area contributed by atoms with Crippen LogP contribution in [0, 0.1) is 5.82 Å². The number of carbonyl (C=O) groups is 3. The largest absolute Gasteiger partial charge is 0.507 e. The van der Waals surface area contributed by atoms with Crippen LogP contribution in [0.25, 0.3) is 5.76 Å². The second kappa shape index (κ2) is 8.90. The molecule has 0 aromatic heterocycles. The van der Waals surface area contributed by atoms with Crippen molar-refractivity contribution < 1.29 is 29.0 Å². The normalized spacial score (nSPS) is 18.1. The summed E-state index contributed by atoms with van der Waals surface area (Å²) in [6.45, 7) is 2.05. The van der Waals surface area contributed by atoms with E-state index in [1.807, 2.05) is 19.1 Å². The Kier molecular flexibility index (Phi) is 6.30. The summed E-state index contributed by atoms with van der Waals surface area (Å²) in [6.07, 6.45) is 0.833. The summed E-state index contributed by atoms with van der Waals surface area (Å²) in [4.78, 5) is 37.7. The van der Waals surface area contributed by atoms with Crippen molar-refractivity contribution >= 4 is 23.4 Å². The number of benzene rings is 2. The Bertz CT molecular complexity index is 995. The van der Waals surface area contributed by atoms with E-state index in [0.717, 1.165) is 24.1 Å². The molecule has 2 aromatic rings.